The lowest BCUT2D eigenvalue weighted by Crippen LogP contribution is -2.04. The van der Waals surface area contributed by atoms with Crippen LogP contribution in [-0.2, 0) is 6.54 Å². The molecular weight excluding hydrogens is 274 g/mol. The molecule has 0 atom stereocenters. The highest BCUT2D eigenvalue weighted by Crippen LogP contribution is 2.22. The Morgan fingerprint density at radius 3 is 2.81 bits per heavy atom. The molecule has 0 aliphatic heterocycles. The third kappa shape index (κ3) is 3.44. The second kappa shape index (κ2) is 6.17. The van der Waals surface area contributed by atoms with Crippen LogP contribution in [0.1, 0.15) is 29.8 Å². The molecule has 0 saturated heterocycles. The van der Waals surface area contributed by atoms with Gasteiger partial charge in [0.2, 0.25) is 6.33 Å². The fourth-order valence-corrected chi connectivity index (χ4v) is 1.94. The van der Waals surface area contributed by atoms with Crippen molar-refractivity contribution in [2.75, 3.05) is 6.61 Å². The summed E-state index contributed by atoms with van der Waals surface area (Å²) in [4.78, 5) is 25.3. The Labute approximate surface area is 121 Å². The van der Waals surface area contributed by atoms with Gasteiger partial charge in [-0.25, -0.2) is 0 Å². The maximum atomic E-state index is 11.5. The molecule has 7 heteroatoms. The molecule has 0 spiro atoms. The molecule has 7 nitrogen and oxygen atoms in total. The zero-order valence-electron chi connectivity index (χ0n) is 11.8. The molecule has 0 saturated carbocycles. The van der Waals surface area contributed by atoms with Crippen LogP contribution >= 0.6 is 0 Å². The summed E-state index contributed by atoms with van der Waals surface area (Å²) >= 11 is 0. The van der Waals surface area contributed by atoms with Gasteiger partial charge in [0.1, 0.15) is 11.9 Å². The standard InChI is InChI=1S/C14H15N3O4/c1-3-21-13-5-4-11(10(2)18)6-12(13)7-16-8-14(15-9-16)17(19)20/h4-6,8-9H,3,7H2,1-2H3. The van der Waals surface area contributed by atoms with Gasteiger partial charge < -0.3 is 19.4 Å². The van der Waals surface area contributed by atoms with Gasteiger partial charge in [-0.2, -0.15) is 0 Å². The molecular formula is C14H15N3O4. The molecule has 110 valence electrons. The minimum absolute atomic E-state index is 0.0455. The van der Waals surface area contributed by atoms with Gasteiger partial charge in [-0.3, -0.25) is 4.79 Å². The highest BCUT2D eigenvalue weighted by Gasteiger charge is 2.13. The Balaban J connectivity index is 2.32. The minimum atomic E-state index is -0.550. The van der Waals surface area contributed by atoms with Crippen LogP contribution in [0.15, 0.2) is 30.7 Å². The van der Waals surface area contributed by atoms with Crippen molar-refractivity contribution in [2.45, 2.75) is 20.4 Å². The number of carbonyl (C=O) groups excluding carboxylic acids is 1. The number of nitro groups is 1. The first-order valence-electron chi connectivity index (χ1n) is 6.44. The van der Waals surface area contributed by atoms with Gasteiger partial charge in [0.05, 0.1) is 13.2 Å². The molecule has 2 aromatic rings. The lowest BCUT2D eigenvalue weighted by atomic mass is 10.1. The summed E-state index contributed by atoms with van der Waals surface area (Å²) in [6.45, 7) is 4.19. The molecule has 0 N–H and O–H groups in total. The van der Waals surface area contributed by atoms with Crippen LogP contribution in [0, 0.1) is 10.1 Å². The maximum absolute atomic E-state index is 11.5. The van der Waals surface area contributed by atoms with Crippen molar-refractivity contribution in [3.63, 3.8) is 0 Å². The number of hydrogen-bond donors (Lipinski definition) is 0. The smallest absolute Gasteiger partial charge is 0.381 e. The highest BCUT2D eigenvalue weighted by molar-refractivity contribution is 5.94. The molecule has 0 aliphatic rings. The molecule has 0 unspecified atom stereocenters. The number of ketones is 1. The van der Waals surface area contributed by atoms with Crippen molar-refractivity contribution in [3.05, 3.63) is 52.0 Å². The highest BCUT2D eigenvalue weighted by atomic mass is 16.6. The molecule has 2 rings (SSSR count). The first-order valence-corrected chi connectivity index (χ1v) is 6.44. The van der Waals surface area contributed by atoms with E-state index in [-0.39, 0.29) is 11.6 Å². The predicted molar refractivity (Wildman–Crippen MR) is 75.6 cm³/mol. The summed E-state index contributed by atoms with van der Waals surface area (Å²) in [6, 6.07) is 5.17. The average Bonchev–Trinajstić information content (AvgIpc) is 2.89. The summed E-state index contributed by atoms with van der Waals surface area (Å²) in [5.41, 5.74) is 1.35. The summed E-state index contributed by atoms with van der Waals surface area (Å²) < 4.78 is 7.10. The van der Waals surface area contributed by atoms with Crippen LogP contribution in [0.4, 0.5) is 5.82 Å². The summed E-state index contributed by atoms with van der Waals surface area (Å²) in [7, 11) is 0. The van der Waals surface area contributed by atoms with Gasteiger partial charge in [0.15, 0.2) is 5.78 Å². The van der Waals surface area contributed by atoms with E-state index in [1.54, 1.807) is 22.8 Å². The fourth-order valence-electron chi connectivity index (χ4n) is 1.94. The van der Waals surface area contributed by atoms with Crippen LogP contribution in [0.25, 0.3) is 0 Å². The van der Waals surface area contributed by atoms with E-state index in [9.17, 15) is 14.9 Å². The third-order valence-electron chi connectivity index (χ3n) is 2.93. The number of aromatic nitrogens is 2. The zero-order valence-corrected chi connectivity index (χ0v) is 11.8. The van der Waals surface area contributed by atoms with E-state index in [1.807, 2.05) is 6.92 Å². The number of ether oxygens (including phenoxy) is 1. The normalized spacial score (nSPS) is 10.4. The maximum Gasteiger partial charge on any atom is 0.381 e. The Kier molecular flexibility index (Phi) is 4.32. The van der Waals surface area contributed by atoms with Crippen molar-refractivity contribution in [1.29, 1.82) is 0 Å². The first kappa shape index (κ1) is 14.7. The quantitative estimate of drug-likeness (QED) is 0.463. The first-order chi connectivity index (χ1) is 10.0. The van der Waals surface area contributed by atoms with Crippen molar-refractivity contribution < 1.29 is 14.5 Å². The van der Waals surface area contributed by atoms with Gasteiger partial charge in [-0.1, -0.05) is 0 Å². The Hall–Kier alpha value is -2.70. The van der Waals surface area contributed by atoms with Crippen molar-refractivity contribution in [3.8, 4) is 5.75 Å². The minimum Gasteiger partial charge on any atom is -0.494 e. The van der Waals surface area contributed by atoms with E-state index in [0.717, 1.165) is 5.56 Å². The number of benzene rings is 1. The lowest BCUT2D eigenvalue weighted by molar-refractivity contribution is -0.389. The fraction of sp³-hybridized carbons (Fsp3) is 0.286. The number of Topliss-reactive ketones (excluding diaryl/α,β-unsaturated/α-hetero) is 1. The average molecular weight is 289 g/mol. The van der Waals surface area contributed by atoms with Gasteiger partial charge in [-0.15, -0.1) is 0 Å². The lowest BCUT2D eigenvalue weighted by Gasteiger charge is -2.11. The Morgan fingerprint density at radius 2 is 2.24 bits per heavy atom. The monoisotopic (exact) mass is 289 g/mol. The van der Waals surface area contributed by atoms with Crippen LogP contribution in [-0.4, -0.2) is 26.9 Å². The molecule has 1 aromatic carbocycles. The molecule has 0 aliphatic carbocycles. The molecule has 1 heterocycles. The predicted octanol–water partition coefficient (Wildman–Crippen LogP) is 2.44. The largest absolute Gasteiger partial charge is 0.494 e. The van der Waals surface area contributed by atoms with Crippen LogP contribution in [0.5, 0.6) is 5.75 Å². The number of carbonyl (C=O) groups is 1. The van der Waals surface area contributed by atoms with Gasteiger partial charge in [0.25, 0.3) is 0 Å². The molecule has 0 amide bonds. The number of hydrogen-bond acceptors (Lipinski definition) is 5. The van der Waals surface area contributed by atoms with Crippen LogP contribution < -0.4 is 4.74 Å². The van der Waals surface area contributed by atoms with E-state index in [4.69, 9.17) is 4.74 Å². The van der Waals surface area contributed by atoms with Crippen LogP contribution in [0.3, 0.4) is 0 Å². The second-order valence-corrected chi connectivity index (χ2v) is 4.47. The van der Waals surface area contributed by atoms with Crippen LogP contribution in [0.2, 0.25) is 0 Å². The molecule has 1 aromatic heterocycles. The van der Waals surface area contributed by atoms with Crippen molar-refractivity contribution in [2.24, 2.45) is 0 Å². The number of rotatable bonds is 6. The summed E-state index contributed by atoms with van der Waals surface area (Å²) in [5, 5.41) is 10.6. The van der Waals surface area contributed by atoms with Gasteiger partial charge >= 0.3 is 5.82 Å². The number of nitrogens with zero attached hydrogens (tertiary/aromatic N) is 3. The molecule has 21 heavy (non-hydrogen) atoms. The third-order valence-corrected chi connectivity index (χ3v) is 2.93. The zero-order chi connectivity index (χ0) is 15.4. The van der Waals surface area contributed by atoms with E-state index in [0.29, 0.717) is 24.5 Å². The summed E-state index contributed by atoms with van der Waals surface area (Å²) in [5.74, 6) is 0.394. The van der Waals surface area contributed by atoms with E-state index in [2.05, 4.69) is 4.98 Å². The van der Waals surface area contributed by atoms with Crippen molar-refractivity contribution >= 4 is 11.6 Å². The molecule has 0 fully saturated rings. The number of imidazole rings is 1. The van der Waals surface area contributed by atoms with Gasteiger partial charge in [-0.05, 0) is 42.0 Å². The molecule has 0 radical (unpaired) electrons. The molecule has 0 bridgehead atoms. The Morgan fingerprint density at radius 1 is 1.48 bits per heavy atom. The van der Waals surface area contributed by atoms with Gasteiger partial charge in [0, 0.05) is 11.1 Å². The summed E-state index contributed by atoms with van der Waals surface area (Å²) in [6.07, 6.45) is 2.73. The Bertz CT molecular complexity index is 679. The van der Waals surface area contributed by atoms with Crippen molar-refractivity contribution in [1.82, 2.24) is 9.55 Å². The SMILES string of the molecule is CCOc1ccc(C(C)=O)cc1Cn1cnc([N+](=O)[O-])c1. The van der Waals surface area contributed by atoms with E-state index < -0.39 is 4.92 Å². The topological polar surface area (TPSA) is 87.3 Å². The van der Waals surface area contributed by atoms with E-state index in [1.165, 1.54) is 19.4 Å². The second-order valence-electron chi connectivity index (χ2n) is 4.47. The van der Waals surface area contributed by atoms with E-state index >= 15 is 0 Å².